The van der Waals surface area contributed by atoms with Gasteiger partial charge in [0.15, 0.2) is 5.69 Å². The van der Waals surface area contributed by atoms with Gasteiger partial charge < -0.3 is 5.32 Å². The van der Waals surface area contributed by atoms with Crippen LogP contribution in [0, 0.1) is 12.8 Å². The molecule has 2 aromatic heterocycles. The first-order valence-corrected chi connectivity index (χ1v) is 8.81. The summed E-state index contributed by atoms with van der Waals surface area (Å²) in [6.45, 7) is 3.17. The van der Waals surface area contributed by atoms with Gasteiger partial charge in [-0.1, -0.05) is 43.4 Å². The van der Waals surface area contributed by atoms with Gasteiger partial charge in [-0.3, -0.25) is 14.5 Å². The van der Waals surface area contributed by atoms with Crippen molar-refractivity contribution in [3.05, 3.63) is 41.5 Å². The normalized spacial score (nSPS) is 15.4. The van der Waals surface area contributed by atoms with E-state index in [2.05, 4.69) is 20.6 Å². The molecule has 0 unspecified atom stereocenters. The molecule has 6 heteroatoms. The zero-order valence-electron chi connectivity index (χ0n) is 14.2. The second kappa shape index (κ2) is 8.04. The Labute approximate surface area is 142 Å². The Balaban J connectivity index is 1.48. The zero-order chi connectivity index (χ0) is 16.8. The number of hydrogen-bond acceptors (Lipinski definition) is 4. The van der Waals surface area contributed by atoms with Crippen LogP contribution in [0.2, 0.25) is 0 Å². The number of aromatic nitrogens is 4. The second-order valence-corrected chi connectivity index (χ2v) is 6.61. The maximum atomic E-state index is 12.2. The summed E-state index contributed by atoms with van der Waals surface area (Å²) in [5.41, 5.74) is 2.15. The van der Waals surface area contributed by atoms with Gasteiger partial charge in [-0.15, -0.1) is 5.10 Å². The molecule has 128 valence electrons. The van der Waals surface area contributed by atoms with E-state index in [-0.39, 0.29) is 5.91 Å². The number of pyridine rings is 1. The summed E-state index contributed by atoms with van der Waals surface area (Å²) in [7, 11) is 0. The monoisotopic (exact) mass is 327 g/mol. The number of hydrogen-bond donors (Lipinski definition) is 1. The predicted octanol–water partition coefficient (Wildman–Crippen LogP) is 2.88. The highest BCUT2D eigenvalue weighted by atomic mass is 16.2. The largest absolute Gasteiger partial charge is 0.345 e. The van der Waals surface area contributed by atoms with E-state index < -0.39 is 0 Å². The van der Waals surface area contributed by atoms with Crippen molar-refractivity contribution in [2.24, 2.45) is 5.92 Å². The lowest BCUT2D eigenvalue weighted by Crippen LogP contribution is -2.23. The summed E-state index contributed by atoms with van der Waals surface area (Å²) < 4.78 is 1.79. The quantitative estimate of drug-likeness (QED) is 0.885. The first-order chi connectivity index (χ1) is 11.7. The molecule has 1 saturated carbocycles. The molecule has 3 rings (SSSR count). The summed E-state index contributed by atoms with van der Waals surface area (Å²) in [5.74, 6) is 0.592. The fraction of sp³-hybridized carbons (Fsp3) is 0.556. The SMILES string of the molecule is Cc1cccc(CNC(=O)c2cn(CCC3CCCCC3)nn2)n1. The van der Waals surface area contributed by atoms with Crippen molar-refractivity contribution < 1.29 is 4.79 Å². The van der Waals surface area contributed by atoms with Gasteiger partial charge >= 0.3 is 0 Å². The van der Waals surface area contributed by atoms with Gasteiger partial charge in [0.2, 0.25) is 0 Å². The fourth-order valence-electron chi connectivity index (χ4n) is 3.26. The standard InChI is InChI=1S/C18H25N5O/c1-14-6-5-9-16(20-14)12-19-18(24)17-13-23(22-21-17)11-10-15-7-3-2-4-8-15/h5-6,9,13,15H,2-4,7-8,10-12H2,1H3,(H,19,24). The Hall–Kier alpha value is -2.24. The van der Waals surface area contributed by atoms with Crippen molar-refractivity contribution >= 4 is 5.91 Å². The van der Waals surface area contributed by atoms with E-state index >= 15 is 0 Å². The van der Waals surface area contributed by atoms with Gasteiger partial charge in [-0.25, -0.2) is 0 Å². The van der Waals surface area contributed by atoms with Gasteiger partial charge in [0.25, 0.3) is 5.91 Å². The van der Waals surface area contributed by atoms with Gasteiger partial charge in [-0.2, -0.15) is 0 Å². The molecule has 1 aliphatic rings. The topological polar surface area (TPSA) is 72.7 Å². The lowest BCUT2D eigenvalue weighted by molar-refractivity contribution is 0.0945. The molecule has 24 heavy (non-hydrogen) atoms. The van der Waals surface area contributed by atoms with E-state index in [0.29, 0.717) is 12.2 Å². The highest BCUT2D eigenvalue weighted by molar-refractivity contribution is 5.91. The van der Waals surface area contributed by atoms with Crippen molar-refractivity contribution in [2.45, 2.75) is 58.5 Å². The maximum absolute atomic E-state index is 12.2. The average molecular weight is 327 g/mol. The highest BCUT2D eigenvalue weighted by Crippen LogP contribution is 2.26. The molecule has 0 saturated heterocycles. The molecule has 1 amide bonds. The first kappa shape index (κ1) is 16.6. The van der Waals surface area contributed by atoms with Gasteiger partial charge in [0, 0.05) is 12.2 Å². The minimum atomic E-state index is -0.206. The van der Waals surface area contributed by atoms with E-state index in [1.54, 1.807) is 10.9 Å². The van der Waals surface area contributed by atoms with Gasteiger partial charge in [0.05, 0.1) is 18.4 Å². The number of carbonyl (C=O) groups excluding carboxylic acids is 1. The number of carbonyl (C=O) groups is 1. The smallest absolute Gasteiger partial charge is 0.273 e. The lowest BCUT2D eigenvalue weighted by Gasteiger charge is -2.20. The predicted molar refractivity (Wildman–Crippen MR) is 91.4 cm³/mol. The third-order valence-corrected chi connectivity index (χ3v) is 4.64. The molecule has 0 bridgehead atoms. The van der Waals surface area contributed by atoms with Crippen LogP contribution in [0.5, 0.6) is 0 Å². The summed E-state index contributed by atoms with van der Waals surface area (Å²) >= 11 is 0. The molecule has 0 spiro atoms. The molecule has 2 heterocycles. The van der Waals surface area contributed by atoms with Crippen LogP contribution in [0.4, 0.5) is 0 Å². The van der Waals surface area contributed by atoms with Crippen LogP contribution >= 0.6 is 0 Å². The van der Waals surface area contributed by atoms with Crippen LogP contribution in [-0.2, 0) is 13.1 Å². The molecule has 1 fully saturated rings. The van der Waals surface area contributed by atoms with Crippen molar-refractivity contribution in [1.29, 1.82) is 0 Å². The minimum absolute atomic E-state index is 0.206. The van der Waals surface area contributed by atoms with Crippen LogP contribution in [0.25, 0.3) is 0 Å². The van der Waals surface area contributed by atoms with Crippen LogP contribution < -0.4 is 5.32 Å². The van der Waals surface area contributed by atoms with E-state index in [1.807, 2.05) is 25.1 Å². The average Bonchev–Trinajstić information content (AvgIpc) is 3.08. The minimum Gasteiger partial charge on any atom is -0.345 e. The van der Waals surface area contributed by atoms with E-state index in [4.69, 9.17) is 0 Å². The van der Waals surface area contributed by atoms with E-state index in [0.717, 1.165) is 30.3 Å². The molecule has 1 aliphatic carbocycles. The van der Waals surface area contributed by atoms with Crippen LogP contribution in [-0.4, -0.2) is 25.9 Å². The maximum Gasteiger partial charge on any atom is 0.273 e. The number of aryl methyl sites for hydroxylation is 2. The number of rotatable bonds is 6. The van der Waals surface area contributed by atoms with E-state index in [9.17, 15) is 4.79 Å². The first-order valence-electron chi connectivity index (χ1n) is 8.81. The fourth-order valence-corrected chi connectivity index (χ4v) is 3.26. The van der Waals surface area contributed by atoms with Crippen LogP contribution in [0.15, 0.2) is 24.4 Å². The summed E-state index contributed by atoms with van der Waals surface area (Å²) in [4.78, 5) is 16.5. The Morgan fingerprint density at radius 2 is 2.12 bits per heavy atom. The van der Waals surface area contributed by atoms with Gasteiger partial charge in [-0.05, 0) is 31.4 Å². The van der Waals surface area contributed by atoms with Crippen LogP contribution in [0.3, 0.4) is 0 Å². The van der Waals surface area contributed by atoms with E-state index in [1.165, 1.54) is 32.1 Å². The number of amides is 1. The molecule has 2 aromatic rings. The zero-order valence-corrected chi connectivity index (χ0v) is 14.2. The second-order valence-electron chi connectivity index (χ2n) is 6.61. The summed E-state index contributed by atoms with van der Waals surface area (Å²) in [6, 6.07) is 5.77. The summed E-state index contributed by atoms with van der Waals surface area (Å²) in [6.07, 6.45) is 9.59. The number of nitrogens with one attached hydrogen (secondary N) is 1. The highest BCUT2D eigenvalue weighted by Gasteiger charge is 2.15. The Morgan fingerprint density at radius 3 is 2.92 bits per heavy atom. The molecule has 0 atom stereocenters. The van der Waals surface area contributed by atoms with Gasteiger partial charge in [0.1, 0.15) is 0 Å². The van der Waals surface area contributed by atoms with Crippen molar-refractivity contribution in [1.82, 2.24) is 25.3 Å². The molecule has 0 aromatic carbocycles. The number of nitrogens with zero attached hydrogens (tertiary/aromatic N) is 4. The third-order valence-electron chi connectivity index (χ3n) is 4.64. The van der Waals surface area contributed by atoms with Crippen molar-refractivity contribution in [3.8, 4) is 0 Å². The Bertz CT molecular complexity index is 676. The van der Waals surface area contributed by atoms with Crippen LogP contribution in [0.1, 0.15) is 60.4 Å². The summed E-state index contributed by atoms with van der Waals surface area (Å²) in [5, 5.41) is 10.9. The molecule has 1 N–H and O–H groups in total. The Kier molecular flexibility index (Phi) is 5.56. The Morgan fingerprint density at radius 1 is 1.29 bits per heavy atom. The third kappa shape index (κ3) is 4.63. The molecule has 6 nitrogen and oxygen atoms in total. The molecular formula is C18H25N5O. The molecule has 0 radical (unpaired) electrons. The molecular weight excluding hydrogens is 302 g/mol. The molecule has 0 aliphatic heterocycles. The van der Waals surface area contributed by atoms with Crippen molar-refractivity contribution in [3.63, 3.8) is 0 Å². The van der Waals surface area contributed by atoms with Crippen molar-refractivity contribution in [2.75, 3.05) is 0 Å². The lowest BCUT2D eigenvalue weighted by atomic mass is 9.87.